The minimum absolute atomic E-state index is 0.128. The van der Waals surface area contributed by atoms with Gasteiger partial charge in [-0.2, -0.15) is 0 Å². The molecule has 0 aromatic heterocycles. The molecule has 5 nitrogen and oxygen atoms in total. The number of methoxy groups -OCH3 is 1. The second-order valence-electron chi connectivity index (χ2n) is 4.95. The lowest BCUT2D eigenvalue weighted by Gasteiger charge is -2.14. The second-order valence-corrected chi connectivity index (χ2v) is 4.95. The van der Waals surface area contributed by atoms with E-state index in [0.717, 1.165) is 30.9 Å². The third kappa shape index (κ3) is 4.83. The second kappa shape index (κ2) is 7.87. The molecule has 1 aliphatic heterocycles. The fraction of sp³-hybridized carbons (Fsp3) is 0.533. The van der Waals surface area contributed by atoms with Gasteiger partial charge in [-0.25, -0.2) is 5.48 Å². The van der Waals surface area contributed by atoms with Crippen molar-refractivity contribution >= 4 is 5.91 Å². The zero-order valence-electron chi connectivity index (χ0n) is 11.9. The fourth-order valence-corrected chi connectivity index (χ4v) is 2.28. The van der Waals surface area contributed by atoms with Crippen LogP contribution in [0.15, 0.2) is 24.3 Å². The molecule has 110 valence electrons. The third-order valence-electron chi connectivity index (χ3n) is 3.42. The van der Waals surface area contributed by atoms with Crippen molar-refractivity contribution in [2.75, 3.05) is 33.4 Å². The zero-order chi connectivity index (χ0) is 14.2. The Hall–Kier alpha value is -1.59. The van der Waals surface area contributed by atoms with Crippen LogP contribution in [0.5, 0.6) is 5.75 Å². The quantitative estimate of drug-likeness (QED) is 0.605. The Morgan fingerprint density at radius 1 is 1.25 bits per heavy atom. The summed E-state index contributed by atoms with van der Waals surface area (Å²) in [6.07, 6.45) is 2.85. The van der Waals surface area contributed by atoms with E-state index in [1.165, 1.54) is 12.8 Å². The van der Waals surface area contributed by atoms with E-state index < -0.39 is 0 Å². The molecule has 0 radical (unpaired) electrons. The van der Waals surface area contributed by atoms with Crippen molar-refractivity contribution in [2.24, 2.45) is 0 Å². The summed E-state index contributed by atoms with van der Waals surface area (Å²) < 4.78 is 5.07. The van der Waals surface area contributed by atoms with Gasteiger partial charge in [0.2, 0.25) is 5.91 Å². The van der Waals surface area contributed by atoms with Crippen LogP contribution in [0, 0.1) is 0 Å². The first-order valence-electron chi connectivity index (χ1n) is 7.04. The molecule has 0 atom stereocenters. The highest BCUT2D eigenvalue weighted by Crippen LogP contribution is 2.11. The van der Waals surface area contributed by atoms with Crippen LogP contribution >= 0.6 is 0 Å². The Labute approximate surface area is 119 Å². The molecule has 1 N–H and O–H groups in total. The smallest absolute Gasteiger partial charge is 0.247 e. The molecule has 1 saturated heterocycles. The molecule has 0 saturated carbocycles. The summed E-state index contributed by atoms with van der Waals surface area (Å²) in [6.45, 7) is 3.70. The van der Waals surface area contributed by atoms with Gasteiger partial charge in [-0.15, -0.1) is 0 Å². The summed E-state index contributed by atoms with van der Waals surface area (Å²) in [7, 11) is 1.62. The van der Waals surface area contributed by atoms with Crippen LogP contribution in [0.25, 0.3) is 0 Å². The highest BCUT2D eigenvalue weighted by atomic mass is 16.6. The molecule has 0 bridgehead atoms. The Morgan fingerprint density at radius 2 is 1.95 bits per heavy atom. The van der Waals surface area contributed by atoms with E-state index in [0.29, 0.717) is 13.0 Å². The van der Waals surface area contributed by atoms with Gasteiger partial charge in [0.1, 0.15) is 5.75 Å². The molecular weight excluding hydrogens is 256 g/mol. The van der Waals surface area contributed by atoms with Crippen molar-refractivity contribution in [1.29, 1.82) is 0 Å². The third-order valence-corrected chi connectivity index (χ3v) is 3.42. The molecule has 1 fully saturated rings. The summed E-state index contributed by atoms with van der Waals surface area (Å²) >= 11 is 0. The van der Waals surface area contributed by atoms with Crippen molar-refractivity contribution < 1.29 is 14.4 Å². The lowest BCUT2D eigenvalue weighted by atomic mass is 10.1. The predicted octanol–water partition coefficient (Wildman–Crippen LogP) is 1.38. The van der Waals surface area contributed by atoms with Gasteiger partial charge in [-0.3, -0.25) is 9.63 Å². The molecule has 1 aromatic carbocycles. The number of carbonyl (C=O) groups is 1. The molecule has 0 unspecified atom stereocenters. The van der Waals surface area contributed by atoms with E-state index in [1.54, 1.807) is 7.11 Å². The van der Waals surface area contributed by atoms with Gasteiger partial charge in [-0.05, 0) is 43.6 Å². The van der Waals surface area contributed by atoms with E-state index in [-0.39, 0.29) is 5.91 Å². The van der Waals surface area contributed by atoms with Crippen molar-refractivity contribution in [3.05, 3.63) is 29.8 Å². The average molecular weight is 278 g/mol. The maximum atomic E-state index is 11.7. The minimum atomic E-state index is -0.128. The van der Waals surface area contributed by atoms with E-state index in [2.05, 4.69) is 10.4 Å². The minimum Gasteiger partial charge on any atom is -0.497 e. The summed E-state index contributed by atoms with van der Waals surface area (Å²) in [5.41, 5.74) is 3.42. The van der Waals surface area contributed by atoms with E-state index >= 15 is 0 Å². The van der Waals surface area contributed by atoms with Gasteiger partial charge < -0.3 is 9.64 Å². The van der Waals surface area contributed by atoms with Crippen LogP contribution in [-0.2, 0) is 16.1 Å². The lowest BCUT2D eigenvalue weighted by molar-refractivity contribution is -0.133. The van der Waals surface area contributed by atoms with E-state index in [4.69, 9.17) is 9.57 Å². The number of hydrogen-bond donors (Lipinski definition) is 1. The van der Waals surface area contributed by atoms with Crippen LogP contribution in [0.4, 0.5) is 0 Å². The van der Waals surface area contributed by atoms with Gasteiger partial charge in [0.05, 0.1) is 20.1 Å². The maximum Gasteiger partial charge on any atom is 0.247 e. The predicted molar refractivity (Wildman–Crippen MR) is 76.5 cm³/mol. The number of nitrogens with one attached hydrogen (secondary N) is 1. The van der Waals surface area contributed by atoms with Crippen LogP contribution in [-0.4, -0.2) is 44.2 Å². The normalized spacial score (nSPS) is 15.2. The van der Waals surface area contributed by atoms with Crippen LogP contribution in [0.2, 0.25) is 0 Å². The van der Waals surface area contributed by atoms with Crippen molar-refractivity contribution in [3.8, 4) is 5.75 Å². The molecule has 0 spiro atoms. The first kappa shape index (κ1) is 14.8. The molecule has 5 heteroatoms. The Bertz CT molecular complexity index is 414. The molecule has 2 rings (SSSR count). The first-order valence-corrected chi connectivity index (χ1v) is 7.04. The molecular formula is C15H22N2O3. The Kier molecular flexibility index (Phi) is 5.83. The Balaban J connectivity index is 1.61. The summed E-state index contributed by atoms with van der Waals surface area (Å²) in [5.74, 6) is 0.660. The monoisotopic (exact) mass is 278 g/mol. The summed E-state index contributed by atoms with van der Waals surface area (Å²) in [6, 6.07) is 7.44. The highest BCUT2D eigenvalue weighted by Gasteiger charge is 2.11. The number of rotatable bonds is 7. The molecule has 0 aliphatic carbocycles. The average Bonchev–Trinajstić information content (AvgIpc) is 2.98. The highest BCUT2D eigenvalue weighted by molar-refractivity contribution is 5.77. The number of likely N-dealkylation sites (tertiary alicyclic amines) is 1. The number of hydroxylamine groups is 1. The van der Waals surface area contributed by atoms with Crippen LogP contribution in [0.3, 0.4) is 0 Å². The molecule has 20 heavy (non-hydrogen) atoms. The Morgan fingerprint density at radius 3 is 2.60 bits per heavy atom. The molecule has 1 aliphatic rings. The number of amides is 1. The molecule has 1 heterocycles. The van der Waals surface area contributed by atoms with Gasteiger partial charge >= 0.3 is 0 Å². The summed E-state index contributed by atoms with van der Waals surface area (Å²) in [4.78, 5) is 19.2. The molecule has 1 amide bonds. The SMILES string of the molecule is COc1ccc(CC(=O)NOCCN2CCCC2)cc1. The molecule has 1 aromatic rings. The lowest BCUT2D eigenvalue weighted by Crippen LogP contribution is -2.30. The van der Waals surface area contributed by atoms with Crippen LogP contribution in [0.1, 0.15) is 18.4 Å². The zero-order valence-corrected chi connectivity index (χ0v) is 11.9. The van der Waals surface area contributed by atoms with Gasteiger partial charge in [0, 0.05) is 6.54 Å². The van der Waals surface area contributed by atoms with E-state index in [9.17, 15) is 4.79 Å². The largest absolute Gasteiger partial charge is 0.497 e. The van der Waals surface area contributed by atoms with Crippen molar-refractivity contribution in [1.82, 2.24) is 10.4 Å². The van der Waals surface area contributed by atoms with Gasteiger partial charge in [-0.1, -0.05) is 12.1 Å². The van der Waals surface area contributed by atoms with Crippen LogP contribution < -0.4 is 10.2 Å². The number of hydrogen-bond acceptors (Lipinski definition) is 4. The van der Waals surface area contributed by atoms with E-state index in [1.807, 2.05) is 24.3 Å². The fourth-order valence-electron chi connectivity index (χ4n) is 2.28. The summed E-state index contributed by atoms with van der Waals surface area (Å²) in [5, 5.41) is 0. The van der Waals surface area contributed by atoms with Gasteiger partial charge in [0.25, 0.3) is 0 Å². The number of ether oxygens (including phenoxy) is 1. The van der Waals surface area contributed by atoms with Crippen molar-refractivity contribution in [3.63, 3.8) is 0 Å². The topological polar surface area (TPSA) is 50.8 Å². The first-order chi connectivity index (χ1) is 9.78. The standard InChI is InChI=1S/C15H22N2O3/c1-19-14-6-4-13(5-7-14)12-15(18)16-20-11-10-17-8-2-3-9-17/h4-7H,2-3,8-12H2,1H3,(H,16,18). The number of benzene rings is 1. The maximum absolute atomic E-state index is 11.7. The number of carbonyl (C=O) groups excluding carboxylic acids is 1. The number of nitrogens with zero attached hydrogens (tertiary/aromatic N) is 1. The van der Waals surface area contributed by atoms with Crippen molar-refractivity contribution in [2.45, 2.75) is 19.3 Å². The van der Waals surface area contributed by atoms with Gasteiger partial charge in [0.15, 0.2) is 0 Å².